The van der Waals surface area contributed by atoms with Gasteiger partial charge in [0.2, 0.25) is 5.95 Å². The Kier molecular flexibility index (Phi) is 5.97. The number of anilines is 2. The molecule has 8 heteroatoms. The average Bonchev–Trinajstić information content (AvgIpc) is 2.73. The van der Waals surface area contributed by atoms with Crippen molar-refractivity contribution in [3.05, 3.63) is 47.8 Å². The number of ether oxygens (including phenoxy) is 1. The highest BCUT2D eigenvalue weighted by atomic mass is 16.5. The van der Waals surface area contributed by atoms with Gasteiger partial charge in [0.15, 0.2) is 0 Å². The summed E-state index contributed by atoms with van der Waals surface area (Å²) < 4.78 is 4.70. The van der Waals surface area contributed by atoms with E-state index in [4.69, 9.17) is 4.74 Å². The molecule has 3 rings (SSSR count). The van der Waals surface area contributed by atoms with Crippen molar-refractivity contribution < 1.29 is 14.3 Å². The molecule has 1 aromatic heterocycles. The largest absolute Gasteiger partial charge is 0.465 e. The van der Waals surface area contributed by atoms with Gasteiger partial charge in [-0.25, -0.2) is 14.8 Å². The van der Waals surface area contributed by atoms with Crippen LogP contribution < -0.4 is 10.2 Å². The summed E-state index contributed by atoms with van der Waals surface area (Å²) in [6.45, 7) is 6.75. The zero-order valence-corrected chi connectivity index (χ0v) is 15.5. The normalized spacial score (nSPS) is 14.7. The first-order chi connectivity index (χ1) is 13.1. The molecule has 0 bridgehead atoms. The molecule has 142 valence electrons. The van der Waals surface area contributed by atoms with Crippen molar-refractivity contribution in [1.29, 1.82) is 0 Å². The number of nitrogens with one attached hydrogen (secondary N) is 1. The van der Waals surface area contributed by atoms with Gasteiger partial charge in [-0.2, -0.15) is 0 Å². The summed E-state index contributed by atoms with van der Waals surface area (Å²) in [5, 5.41) is 2.76. The molecule has 2 heterocycles. The van der Waals surface area contributed by atoms with Crippen LogP contribution in [-0.4, -0.2) is 66.6 Å². The molecule has 27 heavy (non-hydrogen) atoms. The molecule has 1 aliphatic rings. The average molecular weight is 369 g/mol. The van der Waals surface area contributed by atoms with Gasteiger partial charge in [0, 0.05) is 38.1 Å². The second kappa shape index (κ2) is 8.59. The molecule has 0 radical (unpaired) electrons. The summed E-state index contributed by atoms with van der Waals surface area (Å²) >= 11 is 0. The van der Waals surface area contributed by atoms with Crippen LogP contribution in [0.1, 0.15) is 27.8 Å². The maximum atomic E-state index is 12.6. The van der Waals surface area contributed by atoms with Crippen LogP contribution in [0.2, 0.25) is 0 Å². The number of nitrogens with zero attached hydrogens (tertiary/aromatic N) is 4. The molecule has 0 spiro atoms. The molecular weight excluding hydrogens is 346 g/mol. The standard InChI is InChI=1S/C19H23N5O3/c1-3-23-9-11-24(12-10-23)19-20-8-7-16(22-19)17(25)21-15-6-4-5-14(13-15)18(26)27-2/h4-8,13H,3,9-12H2,1-2H3,(H,21,25). The van der Waals surface area contributed by atoms with Gasteiger partial charge in [-0.1, -0.05) is 13.0 Å². The first-order valence-electron chi connectivity index (χ1n) is 8.90. The Morgan fingerprint density at radius 3 is 2.67 bits per heavy atom. The minimum atomic E-state index is -0.457. The topological polar surface area (TPSA) is 87.7 Å². The molecule has 1 N–H and O–H groups in total. The highest BCUT2D eigenvalue weighted by Crippen LogP contribution is 2.15. The summed E-state index contributed by atoms with van der Waals surface area (Å²) in [6.07, 6.45) is 1.59. The van der Waals surface area contributed by atoms with Gasteiger partial charge in [-0.3, -0.25) is 4.79 Å². The number of rotatable bonds is 5. The summed E-state index contributed by atoms with van der Waals surface area (Å²) in [4.78, 5) is 37.3. The van der Waals surface area contributed by atoms with E-state index in [0.717, 1.165) is 32.7 Å². The lowest BCUT2D eigenvalue weighted by Gasteiger charge is -2.34. The monoisotopic (exact) mass is 369 g/mol. The molecule has 1 saturated heterocycles. The van der Waals surface area contributed by atoms with Crippen LogP contribution in [0.4, 0.5) is 11.6 Å². The Labute approximate surface area is 158 Å². The van der Waals surface area contributed by atoms with E-state index < -0.39 is 5.97 Å². The second-order valence-electron chi connectivity index (χ2n) is 6.19. The van der Waals surface area contributed by atoms with E-state index in [1.807, 2.05) is 0 Å². The molecule has 8 nitrogen and oxygen atoms in total. The number of hydrogen-bond donors (Lipinski definition) is 1. The van der Waals surface area contributed by atoms with Crippen molar-refractivity contribution in [2.24, 2.45) is 0 Å². The first kappa shape index (κ1) is 18.8. The van der Waals surface area contributed by atoms with Gasteiger partial charge >= 0.3 is 5.97 Å². The number of piperazine rings is 1. The number of carbonyl (C=O) groups is 2. The zero-order valence-electron chi connectivity index (χ0n) is 15.5. The van der Waals surface area contributed by atoms with Gasteiger partial charge in [0.05, 0.1) is 12.7 Å². The fraction of sp³-hybridized carbons (Fsp3) is 0.368. The SMILES string of the molecule is CCN1CCN(c2nccc(C(=O)Nc3cccc(C(=O)OC)c3)n2)CC1. The number of hydrogen-bond acceptors (Lipinski definition) is 7. The first-order valence-corrected chi connectivity index (χ1v) is 8.90. The van der Waals surface area contributed by atoms with E-state index >= 15 is 0 Å². The van der Waals surface area contributed by atoms with E-state index in [1.165, 1.54) is 7.11 Å². The number of benzene rings is 1. The zero-order chi connectivity index (χ0) is 19.2. The number of amides is 1. The Morgan fingerprint density at radius 2 is 1.96 bits per heavy atom. The van der Waals surface area contributed by atoms with E-state index in [9.17, 15) is 9.59 Å². The van der Waals surface area contributed by atoms with E-state index in [-0.39, 0.29) is 11.6 Å². The van der Waals surface area contributed by atoms with Crippen LogP contribution in [0, 0.1) is 0 Å². The molecule has 0 saturated carbocycles. The van der Waals surface area contributed by atoms with Crippen LogP contribution in [-0.2, 0) is 4.74 Å². The fourth-order valence-electron chi connectivity index (χ4n) is 2.93. The van der Waals surface area contributed by atoms with Crippen LogP contribution in [0.3, 0.4) is 0 Å². The molecule has 1 amide bonds. The minimum Gasteiger partial charge on any atom is -0.465 e. The summed E-state index contributed by atoms with van der Waals surface area (Å²) in [5.41, 5.74) is 1.15. The van der Waals surface area contributed by atoms with Gasteiger partial charge in [-0.05, 0) is 30.8 Å². The van der Waals surface area contributed by atoms with Gasteiger partial charge < -0.3 is 19.9 Å². The van der Waals surface area contributed by atoms with Crippen molar-refractivity contribution in [1.82, 2.24) is 14.9 Å². The molecule has 0 aliphatic carbocycles. The van der Waals surface area contributed by atoms with Crippen LogP contribution in [0.15, 0.2) is 36.5 Å². The number of carbonyl (C=O) groups excluding carboxylic acids is 2. The molecule has 0 unspecified atom stereocenters. The lowest BCUT2D eigenvalue weighted by atomic mass is 10.2. The summed E-state index contributed by atoms with van der Waals surface area (Å²) in [7, 11) is 1.32. The van der Waals surface area contributed by atoms with Crippen LogP contribution in [0.5, 0.6) is 0 Å². The van der Waals surface area contributed by atoms with Crippen molar-refractivity contribution in [2.45, 2.75) is 6.92 Å². The van der Waals surface area contributed by atoms with E-state index in [2.05, 4.69) is 32.0 Å². The molecular formula is C19H23N5O3. The number of likely N-dealkylation sites (N-methyl/N-ethyl adjacent to an activating group) is 1. The van der Waals surface area contributed by atoms with Crippen molar-refractivity contribution in [3.63, 3.8) is 0 Å². The lowest BCUT2D eigenvalue weighted by Crippen LogP contribution is -2.46. The molecule has 1 aliphatic heterocycles. The Balaban J connectivity index is 1.70. The molecule has 2 aromatic rings. The van der Waals surface area contributed by atoms with Gasteiger partial charge in [0.1, 0.15) is 5.69 Å². The maximum absolute atomic E-state index is 12.6. The predicted molar refractivity (Wildman–Crippen MR) is 102 cm³/mol. The van der Waals surface area contributed by atoms with Gasteiger partial charge in [-0.15, -0.1) is 0 Å². The quantitative estimate of drug-likeness (QED) is 0.802. The Bertz CT molecular complexity index is 818. The lowest BCUT2D eigenvalue weighted by molar-refractivity contribution is 0.0600. The minimum absolute atomic E-state index is 0.279. The van der Waals surface area contributed by atoms with Crippen molar-refractivity contribution in [3.8, 4) is 0 Å². The van der Waals surface area contributed by atoms with Crippen molar-refractivity contribution in [2.75, 3.05) is 50.1 Å². The van der Waals surface area contributed by atoms with E-state index in [1.54, 1.807) is 36.5 Å². The maximum Gasteiger partial charge on any atom is 0.337 e. The summed E-state index contributed by atoms with van der Waals surface area (Å²) in [5.74, 6) is -0.254. The number of esters is 1. The Hall–Kier alpha value is -3.00. The molecule has 0 atom stereocenters. The second-order valence-corrected chi connectivity index (χ2v) is 6.19. The number of methoxy groups -OCH3 is 1. The summed E-state index contributed by atoms with van der Waals surface area (Å²) in [6, 6.07) is 8.15. The van der Waals surface area contributed by atoms with Crippen LogP contribution in [0.25, 0.3) is 0 Å². The fourth-order valence-corrected chi connectivity index (χ4v) is 2.93. The Morgan fingerprint density at radius 1 is 1.19 bits per heavy atom. The van der Waals surface area contributed by atoms with Crippen LogP contribution >= 0.6 is 0 Å². The molecule has 1 fully saturated rings. The third-order valence-corrected chi connectivity index (χ3v) is 4.52. The van der Waals surface area contributed by atoms with E-state index in [0.29, 0.717) is 17.2 Å². The third-order valence-electron chi connectivity index (χ3n) is 4.52. The smallest absolute Gasteiger partial charge is 0.337 e. The van der Waals surface area contributed by atoms with Crippen molar-refractivity contribution >= 4 is 23.5 Å². The third kappa shape index (κ3) is 4.59. The van der Waals surface area contributed by atoms with Gasteiger partial charge in [0.25, 0.3) is 5.91 Å². The number of aromatic nitrogens is 2. The highest BCUT2D eigenvalue weighted by molar-refractivity contribution is 6.03. The predicted octanol–water partition coefficient (Wildman–Crippen LogP) is 1.66. The highest BCUT2D eigenvalue weighted by Gasteiger charge is 2.19. The molecule has 1 aromatic carbocycles.